The number of hydrogen-bond donors (Lipinski definition) is 1. The molecule has 4 atom stereocenters. The van der Waals surface area contributed by atoms with E-state index in [4.69, 9.17) is 9.47 Å². The summed E-state index contributed by atoms with van der Waals surface area (Å²) in [5.41, 5.74) is 0.404. The number of methoxy groups -OCH3 is 1. The van der Waals surface area contributed by atoms with Gasteiger partial charge in [-0.05, 0) is 57.0 Å². The predicted octanol–water partition coefficient (Wildman–Crippen LogP) is 0.993. The minimum Gasteiger partial charge on any atom is -0.482 e. The number of sulfonamides is 1. The molecule has 0 radical (unpaired) electrons. The average molecular weight is 410 g/mol. The van der Waals surface area contributed by atoms with Crippen LogP contribution in [0.15, 0.2) is 23.1 Å². The minimum absolute atomic E-state index is 0.0533. The summed E-state index contributed by atoms with van der Waals surface area (Å²) >= 11 is 0. The number of ether oxygens (including phenoxy) is 2. The lowest BCUT2D eigenvalue weighted by molar-refractivity contribution is -0.118. The third kappa shape index (κ3) is 3.41. The molecule has 2 fully saturated rings. The first kappa shape index (κ1) is 19.6. The van der Waals surface area contributed by atoms with E-state index in [1.165, 1.54) is 6.07 Å². The summed E-state index contributed by atoms with van der Waals surface area (Å²) in [6, 6.07) is 4.94. The Labute approximate surface area is 165 Å². The van der Waals surface area contributed by atoms with Crippen molar-refractivity contribution >= 4 is 21.6 Å². The molecule has 1 amide bonds. The summed E-state index contributed by atoms with van der Waals surface area (Å²) in [6.45, 7) is 0.975. The van der Waals surface area contributed by atoms with E-state index in [0.29, 0.717) is 42.4 Å². The monoisotopic (exact) mass is 409 g/mol. The van der Waals surface area contributed by atoms with Crippen molar-refractivity contribution in [2.45, 2.75) is 29.9 Å². The van der Waals surface area contributed by atoms with Crippen LogP contribution in [0.4, 0.5) is 5.69 Å². The lowest BCUT2D eigenvalue weighted by atomic mass is 9.77. The molecular weight excluding hydrogens is 382 g/mol. The maximum absolute atomic E-state index is 13.2. The second kappa shape index (κ2) is 7.29. The molecule has 3 aliphatic rings. The van der Waals surface area contributed by atoms with Crippen LogP contribution in [0.2, 0.25) is 0 Å². The molecule has 1 saturated carbocycles. The Kier molecular flexibility index (Phi) is 5.11. The number of amides is 1. The van der Waals surface area contributed by atoms with Gasteiger partial charge in [0.2, 0.25) is 10.0 Å². The number of carbonyl (C=O) groups is 1. The van der Waals surface area contributed by atoms with E-state index in [1.807, 2.05) is 14.1 Å². The Bertz CT molecular complexity index is 872. The van der Waals surface area contributed by atoms with Crippen LogP contribution in [0.1, 0.15) is 12.8 Å². The fourth-order valence-electron chi connectivity index (χ4n) is 4.71. The summed E-state index contributed by atoms with van der Waals surface area (Å²) in [4.78, 5) is 13.9. The molecule has 0 bridgehead atoms. The highest BCUT2D eigenvalue weighted by Crippen LogP contribution is 2.41. The van der Waals surface area contributed by atoms with Crippen LogP contribution < -0.4 is 10.1 Å². The fourth-order valence-corrected chi connectivity index (χ4v) is 6.29. The number of carbonyl (C=O) groups excluding carboxylic acids is 1. The van der Waals surface area contributed by atoms with E-state index in [0.717, 1.165) is 12.8 Å². The number of likely N-dealkylation sites (N-methyl/N-ethyl adjacent to an activating group) is 1. The molecule has 1 aromatic carbocycles. The van der Waals surface area contributed by atoms with Crippen LogP contribution in [0, 0.1) is 11.8 Å². The zero-order valence-electron chi connectivity index (χ0n) is 16.4. The highest BCUT2D eigenvalue weighted by molar-refractivity contribution is 7.89. The van der Waals surface area contributed by atoms with Crippen molar-refractivity contribution in [1.29, 1.82) is 0 Å². The Morgan fingerprint density at radius 1 is 1.21 bits per heavy atom. The van der Waals surface area contributed by atoms with Gasteiger partial charge in [-0.1, -0.05) is 0 Å². The molecule has 28 heavy (non-hydrogen) atoms. The molecule has 4 rings (SSSR count). The van der Waals surface area contributed by atoms with Crippen LogP contribution in [0.5, 0.6) is 5.75 Å². The van der Waals surface area contributed by atoms with Gasteiger partial charge >= 0.3 is 0 Å². The first-order chi connectivity index (χ1) is 13.3. The molecule has 2 aliphatic heterocycles. The molecule has 1 aromatic rings. The van der Waals surface area contributed by atoms with Crippen molar-refractivity contribution < 1.29 is 22.7 Å². The summed E-state index contributed by atoms with van der Waals surface area (Å²) in [7, 11) is 2.18. The van der Waals surface area contributed by atoms with E-state index in [1.54, 1.807) is 23.5 Å². The molecule has 1 saturated heterocycles. The van der Waals surface area contributed by atoms with E-state index in [9.17, 15) is 13.2 Å². The molecule has 2 heterocycles. The minimum atomic E-state index is -3.64. The van der Waals surface area contributed by atoms with Gasteiger partial charge in [-0.25, -0.2) is 8.42 Å². The Hall–Kier alpha value is -1.68. The molecule has 8 nitrogen and oxygen atoms in total. The highest BCUT2D eigenvalue weighted by atomic mass is 32.2. The largest absolute Gasteiger partial charge is 0.482 e. The lowest BCUT2D eigenvalue weighted by Gasteiger charge is -2.40. The van der Waals surface area contributed by atoms with Crippen LogP contribution in [-0.2, 0) is 19.6 Å². The van der Waals surface area contributed by atoms with Crippen LogP contribution in [0.25, 0.3) is 0 Å². The smallest absolute Gasteiger partial charge is 0.262 e. The summed E-state index contributed by atoms with van der Waals surface area (Å²) in [5, 5.41) is 2.68. The molecule has 0 spiro atoms. The molecule has 0 aromatic heterocycles. The van der Waals surface area contributed by atoms with Crippen molar-refractivity contribution in [2.75, 3.05) is 46.2 Å². The molecule has 154 valence electrons. The summed E-state index contributed by atoms with van der Waals surface area (Å²) < 4.78 is 39.1. The van der Waals surface area contributed by atoms with Gasteiger partial charge in [-0.2, -0.15) is 4.31 Å². The van der Waals surface area contributed by atoms with Gasteiger partial charge < -0.3 is 19.7 Å². The number of hydrogen-bond acceptors (Lipinski definition) is 6. The zero-order chi connectivity index (χ0) is 20.1. The van der Waals surface area contributed by atoms with Gasteiger partial charge in [-0.15, -0.1) is 0 Å². The lowest BCUT2D eigenvalue weighted by Crippen LogP contribution is -2.47. The fraction of sp³-hybridized carbons (Fsp3) is 0.632. The third-order valence-electron chi connectivity index (χ3n) is 6.24. The highest BCUT2D eigenvalue weighted by Gasteiger charge is 2.46. The van der Waals surface area contributed by atoms with Crippen molar-refractivity contribution in [3.63, 3.8) is 0 Å². The number of nitrogens with zero attached hydrogens (tertiary/aromatic N) is 2. The number of fused-ring (bicyclic) bond motifs is 2. The van der Waals surface area contributed by atoms with Gasteiger partial charge in [-0.3, -0.25) is 4.79 Å². The van der Waals surface area contributed by atoms with Gasteiger partial charge in [0.05, 0.1) is 16.7 Å². The van der Waals surface area contributed by atoms with E-state index in [2.05, 4.69) is 10.2 Å². The van der Waals surface area contributed by atoms with Crippen LogP contribution in [0.3, 0.4) is 0 Å². The molecule has 9 heteroatoms. The van der Waals surface area contributed by atoms with Gasteiger partial charge in [0.1, 0.15) is 5.75 Å². The molecule has 1 aliphatic carbocycles. The Morgan fingerprint density at radius 3 is 2.61 bits per heavy atom. The quantitative estimate of drug-likeness (QED) is 0.798. The standard InChI is InChI=1S/C19H27N3O5S/c1-21(2)16-6-12-9-22(10-13(12)7-18(16)26-3)28(24,25)14-4-5-17-15(8-14)20-19(23)11-27-17/h4-5,8,12-13,16,18H,6-7,9-11H2,1-3H3,(H,20,23)/t12-,13+,16-,18-/m1/s1. The van der Waals surface area contributed by atoms with Gasteiger partial charge in [0, 0.05) is 26.2 Å². The van der Waals surface area contributed by atoms with Crippen molar-refractivity contribution in [3.8, 4) is 5.75 Å². The number of nitrogens with one attached hydrogen (secondary N) is 1. The SMILES string of the molecule is CO[C@@H]1C[C@H]2CN(S(=O)(=O)c3ccc4c(c3)NC(=O)CO4)C[C@H]2C[C@H]1N(C)C. The average Bonchev–Trinajstić information content (AvgIpc) is 3.10. The van der Waals surface area contributed by atoms with Crippen molar-refractivity contribution in [1.82, 2.24) is 9.21 Å². The second-order valence-electron chi connectivity index (χ2n) is 8.11. The van der Waals surface area contributed by atoms with Crippen molar-refractivity contribution in [2.24, 2.45) is 11.8 Å². The Balaban J connectivity index is 1.55. The van der Waals surface area contributed by atoms with E-state index < -0.39 is 10.0 Å². The number of benzene rings is 1. The van der Waals surface area contributed by atoms with E-state index >= 15 is 0 Å². The van der Waals surface area contributed by atoms with E-state index in [-0.39, 0.29) is 23.5 Å². The Morgan fingerprint density at radius 2 is 1.93 bits per heavy atom. The normalized spacial score (nSPS) is 30.5. The molecule has 0 unspecified atom stereocenters. The van der Waals surface area contributed by atoms with Crippen LogP contribution >= 0.6 is 0 Å². The van der Waals surface area contributed by atoms with Gasteiger partial charge in [0.15, 0.2) is 6.61 Å². The summed E-state index contributed by atoms with van der Waals surface area (Å²) in [6.07, 6.45) is 1.91. The topological polar surface area (TPSA) is 88.2 Å². The first-order valence-corrected chi connectivity index (χ1v) is 11.0. The maximum Gasteiger partial charge on any atom is 0.262 e. The van der Waals surface area contributed by atoms with Crippen molar-refractivity contribution in [3.05, 3.63) is 18.2 Å². The predicted molar refractivity (Wildman–Crippen MR) is 104 cm³/mol. The number of rotatable bonds is 4. The van der Waals surface area contributed by atoms with Crippen LogP contribution in [-0.4, -0.2) is 76.6 Å². The molecule has 1 N–H and O–H groups in total. The first-order valence-electron chi connectivity index (χ1n) is 9.55. The summed E-state index contributed by atoms with van der Waals surface area (Å²) in [5.74, 6) is 0.839. The second-order valence-corrected chi connectivity index (χ2v) is 10.1. The number of anilines is 1. The zero-order valence-corrected chi connectivity index (χ0v) is 17.2. The van der Waals surface area contributed by atoms with Gasteiger partial charge in [0.25, 0.3) is 5.91 Å². The third-order valence-corrected chi connectivity index (χ3v) is 8.07. The maximum atomic E-state index is 13.2. The molecular formula is C19H27N3O5S.